The number of carbonyl (C=O) groups is 1. The number of Topliss-reactive ketones (excluding diaryl/α,β-unsaturated/α-hetero) is 1. The average molecular weight is 537 g/mol. The van der Waals surface area contributed by atoms with Gasteiger partial charge in [0.2, 0.25) is 5.56 Å². The smallest absolute Gasteiger partial charge is 0.243 e. The van der Waals surface area contributed by atoms with Crippen LogP contribution in [0.3, 0.4) is 0 Å². The molecule has 2 aromatic carbocycles. The number of aromatic nitrogens is 1. The molecule has 0 aliphatic heterocycles. The summed E-state index contributed by atoms with van der Waals surface area (Å²) in [6.07, 6.45) is 1.34. The molecule has 0 spiro atoms. The standard InChI is InChI=1S/C26H26BrN2O2.Co/c1-15-12-16(2)23(17(3)13-15)28-14-19(30)21-20(18-10-8-7-9-11-18)22(26(4,5)6)25(31)29-24(21)27;/h7-10,12-14H,1-6H3,(H,29,31);/q-1;. The minimum absolute atomic E-state index is 0. The molecule has 0 unspecified atom stereocenters. The van der Waals surface area contributed by atoms with Crippen LogP contribution < -0.4 is 5.56 Å². The van der Waals surface area contributed by atoms with E-state index >= 15 is 0 Å². The van der Waals surface area contributed by atoms with Gasteiger partial charge in [-0.3, -0.25) is 14.6 Å². The summed E-state index contributed by atoms with van der Waals surface area (Å²) in [7, 11) is 0. The maximum Gasteiger partial charge on any atom is 0.243 e. The Morgan fingerprint density at radius 2 is 1.75 bits per heavy atom. The van der Waals surface area contributed by atoms with Crippen LogP contribution >= 0.6 is 15.9 Å². The first-order chi connectivity index (χ1) is 14.5. The number of rotatable bonds is 4. The Hall–Kier alpha value is -2.28. The minimum atomic E-state index is -0.483. The second-order valence-electron chi connectivity index (χ2n) is 8.79. The van der Waals surface area contributed by atoms with Crippen molar-refractivity contribution in [2.24, 2.45) is 4.99 Å². The zero-order chi connectivity index (χ0) is 22.9. The van der Waals surface area contributed by atoms with Gasteiger partial charge < -0.3 is 4.98 Å². The first-order valence-corrected chi connectivity index (χ1v) is 10.9. The van der Waals surface area contributed by atoms with Crippen LogP contribution in [0.15, 0.2) is 50.8 Å². The van der Waals surface area contributed by atoms with Crippen molar-refractivity contribution >= 4 is 33.6 Å². The largest absolute Gasteiger partial charge is 0.317 e. The van der Waals surface area contributed by atoms with Gasteiger partial charge in [0, 0.05) is 22.3 Å². The second-order valence-corrected chi connectivity index (χ2v) is 9.58. The van der Waals surface area contributed by atoms with Crippen LogP contribution in [-0.2, 0) is 22.2 Å². The fourth-order valence-electron chi connectivity index (χ4n) is 3.90. The van der Waals surface area contributed by atoms with E-state index in [1.165, 1.54) is 6.21 Å². The molecule has 0 fully saturated rings. The number of nitrogens with zero attached hydrogens (tertiary/aromatic N) is 1. The van der Waals surface area contributed by atoms with Crippen molar-refractivity contribution in [3.8, 4) is 11.1 Å². The van der Waals surface area contributed by atoms with Crippen molar-refractivity contribution in [2.75, 3.05) is 0 Å². The van der Waals surface area contributed by atoms with E-state index in [2.05, 4.69) is 32.0 Å². The number of hydrogen-bond acceptors (Lipinski definition) is 3. The van der Waals surface area contributed by atoms with Crippen molar-refractivity contribution in [1.29, 1.82) is 0 Å². The maximum absolute atomic E-state index is 13.4. The van der Waals surface area contributed by atoms with Crippen LogP contribution in [0, 0.1) is 26.8 Å². The molecule has 1 N–H and O–H groups in total. The van der Waals surface area contributed by atoms with E-state index in [1.54, 1.807) is 6.07 Å². The van der Waals surface area contributed by atoms with Gasteiger partial charge in [-0.1, -0.05) is 44.0 Å². The van der Waals surface area contributed by atoms with Gasteiger partial charge in [0.15, 0.2) is 5.78 Å². The Kier molecular flexibility index (Phi) is 8.20. The van der Waals surface area contributed by atoms with E-state index in [4.69, 9.17) is 0 Å². The minimum Gasteiger partial charge on any atom is -0.317 e. The number of pyridine rings is 1. The third-order valence-electron chi connectivity index (χ3n) is 5.09. The first kappa shape index (κ1) is 26.0. The molecule has 0 amide bonds. The molecule has 1 radical (unpaired) electrons. The molecule has 3 rings (SSSR count). The van der Waals surface area contributed by atoms with E-state index < -0.39 is 5.41 Å². The molecule has 0 aliphatic carbocycles. The van der Waals surface area contributed by atoms with Crippen molar-refractivity contribution in [2.45, 2.75) is 47.0 Å². The third kappa shape index (κ3) is 5.37. The average Bonchev–Trinajstić information content (AvgIpc) is 2.66. The Morgan fingerprint density at radius 3 is 2.28 bits per heavy atom. The Labute approximate surface area is 207 Å². The molecule has 1 aromatic heterocycles. The van der Waals surface area contributed by atoms with Crippen LogP contribution in [0.2, 0.25) is 0 Å². The Balaban J connectivity index is 0.00000363. The van der Waals surface area contributed by atoms with Gasteiger partial charge >= 0.3 is 0 Å². The molecule has 0 saturated heterocycles. The number of aliphatic imine (C=N–C) groups is 1. The Morgan fingerprint density at radius 1 is 1.12 bits per heavy atom. The van der Waals surface area contributed by atoms with Gasteiger partial charge in [-0.25, -0.2) is 0 Å². The van der Waals surface area contributed by atoms with Gasteiger partial charge in [-0.15, -0.1) is 35.9 Å². The number of aryl methyl sites for hydroxylation is 3. The number of aromatic amines is 1. The van der Waals surface area contributed by atoms with E-state index in [9.17, 15) is 9.59 Å². The van der Waals surface area contributed by atoms with Crippen LogP contribution in [0.5, 0.6) is 0 Å². The number of halogens is 1. The number of H-pyrrole nitrogens is 1. The molecule has 0 bridgehead atoms. The van der Waals surface area contributed by atoms with Gasteiger partial charge in [0.05, 0.1) is 16.5 Å². The molecule has 3 aromatic rings. The summed E-state index contributed by atoms with van der Waals surface area (Å²) in [6, 6.07) is 14.6. The zero-order valence-corrected chi connectivity index (χ0v) is 21.6. The van der Waals surface area contributed by atoms with Crippen LogP contribution in [0.4, 0.5) is 5.69 Å². The van der Waals surface area contributed by atoms with E-state index in [0.717, 1.165) is 22.4 Å². The summed E-state index contributed by atoms with van der Waals surface area (Å²) in [5, 5.41) is 0. The molecule has 6 heteroatoms. The van der Waals surface area contributed by atoms with E-state index in [0.29, 0.717) is 26.9 Å². The number of benzene rings is 2. The van der Waals surface area contributed by atoms with Crippen LogP contribution in [0.1, 0.15) is 53.4 Å². The van der Waals surface area contributed by atoms with E-state index in [-0.39, 0.29) is 28.1 Å². The van der Waals surface area contributed by atoms with Gasteiger partial charge in [0.1, 0.15) is 0 Å². The summed E-state index contributed by atoms with van der Waals surface area (Å²) in [5.41, 5.74) is 5.42. The molecule has 0 atom stereocenters. The maximum atomic E-state index is 13.4. The molecule has 169 valence electrons. The van der Waals surface area contributed by atoms with Gasteiger partial charge in [-0.2, -0.15) is 0 Å². The van der Waals surface area contributed by atoms with Crippen molar-refractivity contribution < 1.29 is 21.6 Å². The zero-order valence-electron chi connectivity index (χ0n) is 19.0. The number of ketones is 1. The monoisotopic (exact) mass is 536 g/mol. The van der Waals surface area contributed by atoms with Crippen LogP contribution in [-0.4, -0.2) is 17.0 Å². The SMILES string of the molecule is Cc1cc(C)c(N=CC(=O)c2c(Br)[nH]c(=O)c(C(C)(C)C)c2-c2[c-]cccc2)c(C)c1.[Co]. The molecule has 0 saturated carbocycles. The molecular weight excluding hydrogens is 511 g/mol. The second kappa shape index (κ2) is 10.1. The quantitative estimate of drug-likeness (QED) is 0.181. The fraction of sp³-hybridized carbons (Fsp3) is 0.269. The van der Waals surface area contributed by atoms with Crippen molar-refractivity contribution in [1.82, 2.24) is 4.98 Å². The molecule has 1 heterocycles. The van der Waals surface area contributed by atoms with Gasteiger partial charge in [0.25, 0.3) is 0 Å². The summed E-state index contributed by atoms with van der Waals surface area (Å²) in [6.45, 7) is 11.9. The third-order valence-corrected chi connectivity index (χ3v) is 5.69. The first-order valence-electron chi connectivity index (χ1n) is 10.1. The predicted molar refractivity (Wildman–Crippen MR) is 131 cm³/mol. The van der Waals surface area contributed by atoms with Gasteiger partial charge in [-0.05, 0) is 58.8 Å². The number of hydrogen-bond donors (Lipinski definition) is 1. The molecule has 32 heavy (non-hydrogen) atoms. The number of carbonyl (C=O) groups excluding carboxylic acids is 1. The number of nitrogens with one attached hydrogen (secondary N) is 1. The Bertz CT molecular complexity index is 1220. The normalized spacial score (nSPS) is 11.5. The molecule has 4 nitrogen and oxygen atoms in total. The molecular formula is C26H26BrCoN2O2-. The summed E-state index contributed by atoms with van der Waals surface area (Å²) in [5.74, 6) is -0.291. The van der Waals surface area contributed by atoms with Crippen molar-refractivity contribution in [3.05, 3.63) is 85.2 Å². The predicted octanol–water partition coefficient (Wildman–Crippen LogP) is 6.41. The van der Waals surface area contributed by atoms with Crippen LogP contribution in [0.25, 0.3) is 11.1 Å². The summed E-state index contributed by atoms with van der Waals surface area (Å²) in [4.78, 5) is 33.6. The van der Waals surface area contributed by atoms with E-state index in [1.807, 2.05) is 71.9 Å². The fourth-order valence-corrected chi connectivity index (χ4v) is 4.48. The summed E-state index contributed by atoms with van der Waals surface area (Å²) >= 11 is 3.41. The summed E-state index contributed by atoms with van der Waals surface area (Å²) < 4.78 is 0.339. The topological polar surface area (TPSA) is 62.3 Å². The molecule has 0 aliphatic rings. The van der Waals surface area contributed by atoms with Crippen molar-refractivity contribution in [3.63, 3.8) is 0 Å².